The van der Waals surface area contributed by atoms with Crippen molar-refractivity contribution < 1.29 is 24.2 Å². The van der Waals surface area contributed by atoms with Gasteiger partial charge in [-0.05, 0) is 52.1 Å². The van der Waals surface area contributed by atoms with Gasteiger partial charge in [-0.1, -0.05) is 33.8 Å². The molecule has 0 aliphatic heterocycles. The number of hydrogen-bond acceptors (Lipinski definition) is 6. The zero-order valence-electron chi connectivity index (χ0n) is 18.7. The molecule has 1 N–H and O–H groups in total. The van der Waals surface area contributed by atoms with Crippen LogP contribution in [0.5, 0.6) is 0 Å². The standard InChI is InChI=1S/C22H41NO5/c1-8-10-13-23(7)22(5,6)12-11-21(26)28-16-19(17(3)14-24)18(4)15-27-20(25)9-2/h9,17-19,24H,2,8,10-16H2,1,3-7H3. The van der Waals surface area contributed by atoms with Gasteiger partial charge in [-0.2, -0.15) is 0 Å². The second kappa shape index (κ2) is 13.7. The maximum atomic E-state index is 12.3. The van der Waals surface area contributed by atoms with Gasteiger partial charge in [0.1, 0.15) is 0 Å². The van der Waals surface area contributed by atoms with Crippen molar-refractivity contribution in [3.63, 3.8) is 0 Å². The summed E-state index contributed by atoms with van der Waals surface area (Å²) in [4.78, 5) is 25.8. The molecule has 0 aromatic rings. The SMILES string of the molecule is C=CC(=O)OCC(C)C(COC(=O)CCC(C)(C)N(C)CCCC)C(C)CO. The van der Waals surface area contributed by atoms with Gasteiger partial charge < -0.3 is 19.5 Å². The fourth-order valence-electron chi connectivity index (χ4n) is 2.98. The highest BCUT2D eigenvalue weighted by Crippen LogP contribution is 2.24. The van der Waals surface area contributed by atoms with E-state index in [1.807, 2.05) is 13.8 Å². The molecule has 0 aliphatic carbocycles. The van der Waals surface area contributed by atoms with E-state index in [1.54, 1.807) is 0 Å². The van der Waals surface area contributed by atoms with E-state index in [4.69, 9.17) is 9.47 Å². The summed E-state index contributed by atoms with van der Waals surface area (Å²) in [6.07, 6.45) is 4.48. The molecule has 0 heterocycles. The molecule has 0 aromatic heterocycles. The zero-order chi connectivity index (χ0) is 21.7. The quantitative estimate of drug-likeness (QED) is 0.336. The summed E-state index contributed by atoms with van der Waals surface area (Å²) in [7, 11) is 2.09. The highest BCUT2D eigenvalue weighted by atomic mass is 16.5. The van der Waals surface area contributed by atoms with Crippen LogP contribution < -0.4 is 0 Å². The largest absolute Gasteiger partial charge is 0.465 e. The van der Waals surface area contributed by atoms with Crippen molar-refractivity contribution in [1.29, 1.82) is 0 Å². The van der Waals surface area contributed by atoms with Crippen LogP contribution in [0.3, 0.4) is 0 Å². The number of unbranched alkanes of at least 4 members (excludes halogenated alkanes) is 1. The Kier molecular flexibility index (Phi) is 13.0. The molecule has 0 fully saturated rings. The Balaban J connectivity index is 4.57. The molecule has 0 aliphatic rings. The summed E-state index contributed by atoms with van der Waals surface area (Å²) in [5, 5.41) is 9.51. The number of hydrogen-bond donors (Lipinski definition) is 1. The molecule has 6 nitrogen and oxygen atoms in total. The first-order valence-electron chi connectivity index (χ1n) is 10.4. The van der Waals surface area contributed by atoms with Crippen LogP contribution in [0.4, 0.5) is 0 Å². The lowest BCUT2D eigenvalue weighted by atomic mass is 9.85. The van der Waals surface area contributed by atoms with Crippen molar-refractivity contribution >= 4 is 11.9 Å². The van der Waals surface area contributed by atoms with Gasteiger partial charge in [0.2, 0.25) is 0 Å². The molecule has 0 bridgehead atoms. The van der Waals surface area contributed by atoms with Crippen molar-refractivity contribution in [3.8, 4) is 0 Å². The van der Waals surface area contributed by atoms with E-state index >= 15 is 0 Å². The molecular weight excluding hydrogens is 358 g/mol. The number of aliphatic hydroxyl groups excluding tert-OH is 1. The van der Waals surface area contributed by atoms with Gasteiger partial charge in [0.25, 0.3) is 0 Å². The maximum Gasteiger partial charge on any atom is 0.330 e. The number of rotatable bonds is 15. The smallest absolute Gasteiger partial charge is 0.330 e. The van der Waals surface area contributed by atoms with E-state index < -0.39 is 5.97 Å². The van der Waals surface area contributed by atoms with E-state index in [-0.39, 0.29) is 49.1 Å². The van der Waals surface area contributed by atoms with Crippen LogP contribution in [0.25, 0.3) is 0 Å². The molecule has 0 saturated carbocycles. The van der Waals surface area contributed by atoms with Crippen LogP contribution in [-0.4, -0.2) is 60.9 Å². The Morgan fingerprint density at radius 3 is 2.36 bits per heavy atom. The molecule has 0 radical (unpaired) electrons. The Hall–Kier alpha value is -1.40. The maximum absolute atomic E-state index is 12.3. The molecular formula is C22H41NO5. The van der Waals surface area contributed by atoms with Crippen LogP contribution in [-0.2, 0) is 19.1 Å². The van der Waals surface area contributed by atoms with E-state index in [2.05, 4.69) is 39.3 Å². The molecule has 0 aromatic carbocycles. The molecule has 0 saturated heterocycles. The molecule has 0 spiro atoms. The molecule has 6 heteroatoms. The Morgan fingerprint density at radius 1 is 1.18 bits per heavy atom. The zero-order valence-corrected chi connectivity index (χ0v) is 18.7. The van der Waals surface area contributed by atoms with Gasteiger partial charge in [-0.15, -0.1) is 0 Å². The predicted octanol–water partition coefficient (Wildman–Crippen LogP) is 3.43. The highest BCUT2D eigenvalue weighted by molar-refractivity contribution is 5.81. The lowest BCUT2D eigenvalue weighted by Gasteiger charge is -2.35. The third kappa shape index (κ3) is 10.2. The highest BCUT2D eigenvalue weighted by Gasteiger charge is 2.27. The molecule has 3 unspecified atom stereocenters. The first kappa shape index (κ1) is 26.6. The molecule has 0 amide bonds. The lowest BCUT2D eigenvalue weighted by Crippen LogP contribution is -2.42. The summed E-state index contributed by atoms with van der Waals surface area (Å²) < 4.78 is 10.6. The normalized spacial score (nSPS) is 15.0. The second-order valence-electron chi connectivity index (χ2n) is 8.41. The molecule has 0 rings (SSSR count). The summed E-state index contributed by atoms with van der Waals surface area (Å²) in [5.74, 6) is -0.916. The number of aliphatic hydroxyl groups is 1. The minimum Gasteiger partial charge on any atom is -0.465 e. The van der Waals surface area contributed by atoms with Gasteiger partial charge in [0, 0.05) is 30.6 Å². The number of nitrogens with zero attached hydrogens (tertiary/aromatic N) is 1. The summed E-state index contributed by atoms with van der Waals surface area (Å²) >= 11 is 0. The first-order chi connectivity index (χ1) is 13.1. The van der Waals surface area contributed by atoms with Crippen molar-refractivity contribution in [2.24, 2.45) is 17.8 Å². The van der Waals surface area contributed by atoms with Crippen molar-refractivity contribution in [2.75, 3.05) is 33.4 Å². The average Bonchev–Trinajstić information content (AvgIpc) is 2.68. The fraction of sp³-hybridized carbons (Fsp3) is 0.818. The van der Waals surface area contributed by atoms with E-state index in [9.17, 15) is 14.7 Å². The monoisotopic (exact) mass is 399 g/mol. The van der Waals surface area contributed by atoms with Crippen molar-refractivity contribution in [2.45, 2.75) is 65.8 Å². The molecule has 164 valence electrons. The van der Waals surface area contributed by atoms with Crippen molar-refractivity contribution in [3.05, 3.63) is 12.7 Å². The number of esters is 2. The Bertz CT molecular complexity index is 478. The van der Waals surface area contributed by atoms with E-state index in [1.165, 1.54) is 0 Å². The second-order valence-corrected chi connectivity index (χ2v) is 8.41. The number of ether oxygens (including phenoxy) is 2. The lowest BCUT2D eigenvalue weighted by molar-refractivity contribution is -0.149. The molecule has 28 heavy (non-hydrogen) atoms. The molecule has 3 atom stereocenters. The van der Waals surface area contributed by atoms with E-state index in [0.29, 0.717) is 6.42 Å². The van der Waals surface area contributed by atoms with Crippen LogP contribution >= 0.6 is 0 Å². The van der Waals surface area contributed by atoms with Crippen LogP contribution in [0.2, 0.25) is 0 Å². The van der Waals surface area contributed by atoms with Crippen LogP contribution in [0.1, 0.15) is 60.3 Å². The van der Waals surface area contributed by atoms with Gasteiger partial charge >= 0.3 is 11.9 Å². The van der Waals surface area contributed by atoms with E-state index in [0.717, 1.165) is 31.9 Å². The predicted molar refractivity (Wildman–Crippen MR) is 112 cm³/mol. The topological polar surface area (TPSA) is 76.1 Å². The van der Waals surface area contributed by atoms with Gasteiger partial charge in [-0.3, -0.25) is 4.79 Å². The Labute approximate surface area is 171 Å². The van der Waals surface area contributed by atoms with Gasteiger partial charge in [0.05, 0.1) is 13.2 Å². The first-order valence-corrected chi connectivity index (χ1v) is 10.4. The summed E-state index contributed by atoms with van der Waals surface area (Å²) in [5.41, 5.74) is -0.0713. The van der Waals surface area contributed by atoms with Gasteiger partial charge in [0.15, 0.2) is 0 Å². The minimum atomic E-state index is -0.478. The number of carbonyl (C=O) groups is 2. The summed E-state index contributed by atoms with van der Waals surface area (Å²) in [6.45, 7) is 15.1. The average molecular weight is 400 g/mol. The van der Waals surface area contributed by atoms with Crippen molar-refractivity contribution in [1.82, 2.24) is 4.90 Å². The Morgan fingerprint density at radius 2 is 1.82 bits per heavy atom. The summed E-state index contributed by atoms with van der Waals surface area (Å²) in [6, 6.07) is 0. The minimum absolute atomic E-state index is 0.0167. The van der Waals surface area contributed by atoms with Crippen LogP contribution in [0.15, 0.2) is 12.7 Å². The third-order valence-electron chi connectivity index (χ3n) is 5.66. The third-order valence-corrected chi connectivity index (χ3v) is 5.66. The van der Waals surface area contributed by atoms with Gasteiger partial charge in [-0.25, -0.2) is 4.79 Å². The fourth-order valence-corrected chi connectivity index (χ4v) is 2.98. The number of carbonyl (C=O) groups excluding carboxylic acids is 2. The van der Waals surface area contributed by atoms with Crippen LogP contribution in [0, 0.1) is 17.8 Å².